The van der Waals surface area contributed by atoms with E-state index in [9.17, 15) is 8.42 Å². The van der Waals surface area contributed by atoms with Crippen LogP contribution in [0.4, 0.5) is 0 Å². The van der Waals surface area contributed by atoms with Gasteiger partial charge in [0.25, 0.3) is 0 Å². The fourth-order valence-corrected chi connectivity index (χ4v) is 4.31. The molecule has 1 fully saturated rings. The van der Waals surface area contributed by atoms with Crippen LogP contribution in [-0.2, 0) is 10.0 Å². The van der Waals surface area contributed by atoms with Crippen molar-refractivity contribution in [3.8, 4) is 0 Å². The first kappa shape index (κ1) is 15.9. The second-order valence-corrected chi connectivity index (χ2v) is 7.96. The standard InChI is InChI=1S/C14H21BrN2O2S/c1-11-9-13(15)4-5-14(11)20(18,19)17-8-6-12-3-2-7-16-10-12/h4-5,9,12,16-17H,2-3,6-8,10H2,1H3. The van der Waals surface area contributed by atoms with Crippen molar-refractivity contribution in [2.24, 2.45) is 5.92 Å². The number of aryl methyl sites for hydroxylation is 1. The summed E-state index contributed by atoms with van der Waals surface area (Å²) in [6.07, 6.45) is 3.26. The quantitative estimate of drug-likeness (QED) is 0.847. The summed E-state index contributed by atoms with van der Waals surface area (Å²) in [5.41, 5.74) is 0.756. The van der Waals surface area contributed by atoms with E-state index in [1.165, 1.54) is 12.8 Å². The van der Waals surface area contributed by atoms with Crippen LogP contribution < -0.4 is 10.0 Å². The first-order chi connectivity index (χ1) is 9.49. The van der Waals surface area contributed by atoms with Gasteiger partial charge in [0.1, 0.15) is 0 Å². The summed E-state index contributed by atoms with van der Waals surface area (Å²) in [6.45, 7) is 4.40. The molecule has 4 nitrogen and oxygen atoms in total. The molecule has 1 aromatic carbocycles. The molecule has 2 N–H and O–H groups in total. The van der Waals surface area contributed by atoms with Gasteiger partial charge < -0.3 is 5.32 Å². The Morgan fingerprint density at radius 1 is 1.45 bits per heavy atom. The fraction of sp³-hybridized carbons (Fsp3) is 0.571. The SMILES string of the molecule is Cc1cc(Br)ccc1S(=O)(=O)NCCC1CCCNC1. The van der Waals surface area contributed by atoms with E-state index in [2.05, 4.69) is 26.0 Å². The molecule has 6 heteroatoms. The van der Waals surface area contributed by atoms with Crippen molar-refractivity contribution in [3.63, 3.8) is 0 Å². The fourth-order valence-electron chi connectivity index (χ4n) is 2.56. The molecule has 1 aromatic rings. The lowest BCUT2D eigenvalue weighted by atomic mass is 9.96. The Morgan fingerprint density at radius 3 is 2.90 bits per heavy atom. The molecule has 1 aliphatic rings. The summed E-state index contributed by atoms with van der Waals surface area (Å²) >= 11 is 3.35. The maximum Gasteiger partial charge on any atom is 0.240 e. The second-order valence-electron chi connectivity index (χ2n) is 5.31. The van der Waals surface area contributed by atoms with Gasteiger partial charge in [0.05, 0.1) is 4.90 Å². The van der Waals surface area contributed by atoms with E-state index in [-0.39, 0.29) is 0 Å². The van der Waals surface area contributed by atoms with Crippen LogP contribution in [0.5, 0.6) is 0 Å². The Labute approximate surface area is 129 Å². The average molecular weight is 361 g/mol. The van der Waals surface area contributed by atoms with Crippen molar-refractivity contribution in [2.45, 2.75) is 31.1 Å². The number of benzene rings is 1. The highest BCUT2D eigenvalue weighted by Gasteiger charge is 2.18. The Hall–Kier alpha value is -0.430. The molecule has 0 aromatic heterocycles. The van der Waals surface area contributed by atoms with Gasteiger partial charge in [-0.25, -0.2) is 13.1 Å². The first-order valence-corrected chi connectivity index (χ1v) is 9.23. The molecule has 0 aliphatic carbocycles. The number of hydrogen-bond acceptors (Lipinski definition) is 3. The van der Waals surface area contributed by atoms with E-state index < -0.39 is 10.0 Å². The molecule has 112 valence electrons. The van der Waals surface area contributed by atoms with Crippen LogP contribution in [-0.4, -0.2) is 28.1 Å². The van der Waals surface area contributed by atoms with Gasteiger partial charge in [0.15, 0.2) is 0 Å². The molecule has 20 heavy (non-hydrogen) atoms. The maximum atomic E-state index is 12.3. The van der Waals surface area contributed by atoms with Gasteiger partial charge in [-0.1, -0.05) is 15.9 Å². The topological polar surface area (TPSA) is 58.2 Å². The molecule has 1 atom stereocenters. The Balaban J connectivity index is 1.93. The van der Waals surface area contributed by atoms with Gasteiger partial charge in [0, 0.05) is 11.0 Å². The number of sulfonamides is 1. The summed E-state index contributed by atoms with van der Waals surface area (Å²) in [5, 5.41) is 3.35. The third-order valence-electron chi connectivity index (χ3n) is 3.67. The highest BCUT2D eigenvalue weighted by molar-refractivity contribution is 9.10. The zero-order chi connectivity index (χ0) is 14.6. The summed E-state index contributed by atoms with van der Waals surface area (Å²) in [6, 6.07) is 5.22. The van der Waals surface area contributed by atoms with E-state index in [0.717, 1.165) is 29.5 Å². The van der Waals surface area contributed by atoms with Gasteiger partial charge in [-0.3, -0.25) is 0 Å². The highest BCUT2D eigenvalue weighted by Crippen LogP contribution is 2.20. The monoisotopic (exact) mass is 360 g/mol. The largest absolute Gasteiger partial charge is 0.316 e. The van der Waals surface area contributed by atoms with Gasteiger partial charge in [-0.2, -0.15) is 0 Å². The van der Waals surface area contributed by atoms with Crippen LogP contribution in [0, 0.1) is 12.8 Å². The summed E-state index contributed by atoms with van der Waals surface area (Å²) in [4.78, 5) is 0.363. The van der Waals surface area contributed by atoms with Crippen LogP contribution in [0.1, 0.15) is 24.8 Å². The second kappa shape index (κ2) is 7.02. The lowest BCUT2D eigenvalue weighted by Gasteiger charge is -2.22. The van der Waals surface area contributed by atoms with E-state index in [1.807, 2.05) is 13.0 Å². The molecule has 1 unspecified atom stereocenters. The molecule has 0 bridgehead atoms. The summed E-state index contributed by atoms with van der Waals surface area (Å²) < 4.78 is 28.1. The van der Waals surface area contributed by atoms with Crippen molar-refractivity contribution in [3.05, 3.63) is 28.2 Å². The Kier molecular flexibility index (Phi) is 5.60. The Bertz CT molecular complexity index is 554. The van der Waals surface area contributed by atoms with Gasteiger partial charge in [-0.15, -0.1) is 0 Å². The highest BCUT2D eigenvalue weighted by atomic mass is 79.9. The van der Waals surface area contributed by atoms with Crippen LogP contribution in [0.15, 0.2) is 27.6 Å². The molecule has 0 radical (unpaired) electrons. The van der Waals surface area contributed by atoms with Crippen molar-refractivity contribution in [1.82, 2.24) is 10.0 Å². The molecular weight excluding hydrogens is 340 g/mol. The van der Waals surface area contributed by atoms with Gasteiger partial charge >= 0.3 is 0 Å². The third-order valence-corrected chi connectivity index (χ3v) is 5.78. The van der Waals surface area contributed by atoms with Crippen LogP contribution in [0.3, 0.4) is 0 Å². The van der Waals surface area contributed by atoms with Crippen molar-refractivity contribution >= 4 is 26.0 Å². The molecule has 0 spiro atoms. The smallest absolute Gasteiger partial charge is 0.240 e. The zero-order valence-electron chi connectivity index (χ0n) is 11.7. The first-order valence-electron chi connectivity index (χ1n) is 6.95. The summed E-state index contributed by atoms with van der Waals surface area (Å²) in [7, 11) is -3.40. The number of rotatable bonds is 5. The molecule has 1 aliphatic heterocycles. The number of hydrogen-bond donors (Lipinski definition) is 2. The van der Waals surface area contributed by atoms with Crippen molar-refractivity contribution < 1.29 is 8.42 Å². The number of halogens is 1. The summed E-state index contributed by atoms with van der Waals surface area (Å²) in [5.74, 6) is 0.581. The third kappa shape index (κ3) is 4.28. The van der Waals surface area contributed by atoms with E-state index in [0.29, 0.717) is 17.4 Å². The normalized spacial score (nSPS) is 20.0. The minimum absolute atomic E-state index is 0.363. The van der Waals surface area contributed by atoms with Crippen LogP contribution >= 0.6 is 15.9 Å². The zero-order valence-corrected chi connectivity index (χ0v) is 14.1. The van der Waals surface area contributed by atoms with E-state index in [1.54, 1.807) is 12.1 Å². The molecule has 0 saturated carbocycles. The van der Waals surface area contributed by atoms with Gasteiger partial charge in [0.2, 0.25) is 10.0 Å². The van der Waals surface area contributed by atoms with Crippen LogP contribution in [0.25, 0.3) is 0 Å². The lowest BCUT2D eigenvalue weighted by Crippen LogP contribution is -2.33. The van der Waals surface area contributed by atoms with Crippen molar-refractivity contribution in [1.29, 1.82) is 0 Å². The Morgan fingerprint density at radius 2 is 2.25 bits per heavy atom. The van der Waals surface area contributed by atoms with E-state index >= 15 is 0 Å². The minimum atomic E-state index is -3.40. The van der Waals surface area contributed by atoms with E-state index in [4.69, 9.17) is 0 Å². The lowest BCUT2D eigenvalue weighted by molar-refractivity contribution is 0.358. The number of piperidine rings is 1. The average Bonchev–Trinajstić information content (AvgIpc) is 2.39. The molecule has 2 rings (SSSR count). The van der Waals surface area contributed by atoms with Crippen LogP contribution in [0.2, 0.25) is 0 Å². The molecular formula is C14H21BrN2O2S. The van der Waals surface area contributed by atoms with Crippen molar-refractivity contribution in [2.75, 3.05) is 19.6 Å². The number of nitrogens with one attached hydrogen (secondary N) is 2. The molecule has 1 saturated heterocycles. The van der Waals surface area contributed by atoms with Gasteiger partial charge in [-0.05, 0) is 69.0 Å². The predicted octanol–water partition coefficient (Wildman–Crippen LogP) is 2.43. The minimum Gasteiger partial charge on any atom is -0.316 e. The molecule has 0 amide bonds. The predicted molar refractivity (Wildman–Crippen MR) is 84.3 cm³/mol. The maximum absolute atomic E-state index is 12.3. The molecule has 1 heterocycles.